The topological polar surface area (TPSA) is 172 Å². The van der Waals surface area contributed by atoms with Gasteiger partial charge in [0.2, 0.25) is 0 Å². The Bertz CT molecular complexity index is 1590. The van der Waals surface area contributed by atoms with E-state index in [1.165, 1.54) is 24.8 Å². The normalized spacial score (nSPS) is 17.3. The van der Waals surface area contributed by atoms with Crippen LogP contribution in [0.15, 0.2) is 46.6 Å². The Morgan fingerprint density at radius 2 is 1.64 bits per heavy atom. The monoisotopic (exact) mass is 755 g/mol. The molecule has 290 valence electrons. The van der Waals surface area contributed by atoms with Gasteiger partial charge in [-0.3, -0.25) is 24.5 Å². The van der Waals surface area contributed by atoms with E-state index in [4.69, 9.17) is 19.0 Å². The second-order valence-corrected chi connectivity index (χ2v) is 15.4. The van der Waals surface area contributed by atoms with Crippen LogP contribution in [-0.4, -0.2) is 78.1 Å². The summed E-state index contributed by atoms with van der Waals surface area (Å²) in [6, 6.07) is 12.8. The lowest BCUT2D eigenvalue weighted by atomic mass is 9.79. The maximum absolute atomic E-state index is 11.0. The number of nitriles is 1. The predicted molar refractivity (Wildman–Crippen MR) is 203 cm³/mol. The van der Waals surface area contributed by atoms with Crippen molar-refractivity contribution in [3.05, 3.63) is 52.1 Å². The van der Waals surface area contributed by atoms with Crippen LogP contribution in [-0.2, 0) is 23.5 Å². The van der Waals surface area contributed by atoms with Crippen LogP contribution in [0.1, 0.15) is 98.5 Å². The van der Waals surface area contributed by atoms with Crippen molar-refractivity contribution in [2.45, 2.75) is 111 Å². The molecule has 4 rings (SSSR count). The highest BCUT2D eigenvalue weighted by Crippen LogP contribution is 2.49. The van der Waals surface area contributed by atoms with Gasteiger partial charge in [0, 0.05) is 60.9 Å². The molecule has 53 heavy (non-hydrogen) atoms. The Labute approximate surface area is 314 Å². The van der Waals surface area contributed by atoms with Crippen molar-refractivity contribution in [2.24, 2.45) is 10.2 Å². The number of hydrogen-bond donors (Lipinski definition) is 0. The number of ether oxygens (including phenoxy) is 1. The number of nitro groups is 1. The molecular formula is C37H54N7O8P. The minimum absolute atomic E-state index is 0.0104. The van der Waals surface area contributed by atoms with E-state index in [1.54, 1.807) is 19.2 Å². The van der Waals surface area contributed by atoms with Gasteiger partial charge in [0.25, 0.3) is 26.0 Å². The van der Waals surface area contributed by atoms with Crippen LogP contribution in [0, 0.1) is 21.4 Å². The highest BCUT2D eigenvalue weighted by Gasteiger charge is 2.37. The van der Waals surface area contributed by atoms with Crippen molar-refractivity contribution >= 4 is 43.1 Å². The number of hydroxylamine groups is 2. The largest absolute Gasteiger partial charge is 0.494 e. The predicted octanol–water partition coefficient (Wildman–Crippen LogP) is 8.88. The summed E-state index contributed by atoms with van der Waals surface area (Å²) in [5.74, 6) is 0.436. The Morgan fingerprint density at radius 3 is 2.17 bits per heavy atom. The lowest BCUT2D eigenvalue weighted by Gasteiger charge is -2.48. The molecule has 0 bridgehead atoms. The molecule has 2 atom stereocenters. The lowest BCUT2D eigenvalue weighted by molar-refractivity contribution is -0.384. The number of carbonyl (C=O) groups is 2. The molecule has 0 N–H and O–H groups in total. The molecule has 2 aliphatic heterocycles. The molecule has 1 fully saturated rings. The summed E-state index contributed by atoms with van der Waals surface area (Å²) < 4.78 is 20.3. The minimum Gasteiger partial charge on any atom is -0.494 e. The van der Waals surface area contributed by atoms with Gasteiger partial charge >= 0.3 is 0 Å². The number of imide groups is 1. The number of methoxy groups -OCH3 is 1. The standard InChI is InChI=1S/C32H47N6O5P.C5H7NO3/c1-23(2)37(24(3)4)44(43-19-11-16-33)42-18-10-9-17-36-30-21-31(41-8)29(20-28(30)25(5)22-32(36,6)7)35-34-26-12-14-27(15-13-26)38(39)40;1-9-6-4(7)2-3-5(6)8/h12-15,20-21,23-25H,9-11,17-19,22H2,1-8H3;2-3H2,1H3. The zero-order chi connectivity index (χ0) is 39.3. The van der Waals surface area contributed by atoms with E-state index in [0.717, 1.165) is 36.6 Å². The van der Waals surface area contributed by atoms with Crippen molar-refractivity contribution in [3.8, 4) is 11.8 Å². The average molecular weight is 756 g/mol. The molecular weight excluding hydrogens is 701 g/mol. The number of anilines is 1. The highest BCUT2D eigenvalue weighted by molar-refractivity contribution is 7.44. The van der Waals surface area contributed by atoms with Crippen LogP contribution in [0.3, 0.4) is 0 Å². The average Bonchev–Trinajstić information content (AvgIpc) is 3.43. The number of rotatable bonds is 17. The van der Waals surface area contributed by atoms with Gasteiger partial charge in [-0.2, -0.15) is 15.4 Å². The van der Waals surface area contributed by atoms with Gasteiger partial charge in [0.05, 0.1) is 50.5 Å². The second kappa shape index (κ2) is 20.4. The summed E-state index contributed by atoms with van der Waals surface area (Å²) >= 11 is 0. The number of unbranched alkanes of at least 4 members (excludes halogenated alkanes) is 1. The van der Waals surface area contributed by atoms with Gasteiger partial charge in [-0.25, -0.2) is 4.67 Å². The van der Waals surface area contributed by atoms with Gasteiger partial charge in [0.1, 0.15) is 11.4 Å². The smallest absolute Gasteiger partial charge is 0.269 e. The number of nitro benzene ring substituents is 1. The highest BCUT2D eigenvalue weighted by atomic mass is 31.2. The molecule has 0 saturated carbocycles. The van der Waals surface area contributed by atoms with E-state index < -0.39 is 13.4 Å². The third kappa shape index (κ3) is 12.0. The molecule has 16 heteroatoms. The molecule has 2 heterocycles. The van der Waals surface area contributed by atoms with Gasteiger partial charge in [-0.15, -0.1) is 5.11 Å². The Morgan fingerprint density at radius 1 is 1.02 bits per heavy atom. The molecule has 0 aliphatic carbocycles. The number of hydrogen-bond acceptors (Lipinski definition) is 13. The number of fused-ring (bicyclic) bond motifs is 1. The molecule has 1 saturated heterocycles. The zero-order valence-electron chi connectivity index (χ0n) is 32.4. The maximum atomic E-state index is 11.0. The van der Waals surface area contributed by atoms with E-state index in [9.17, 15) is 19.7 Å². The minimum atomic E-state index is -1.25. The van der Waals surface area contributed by atoms with Crippen molar-refractivity contribution < 1.29 is 33.1 Å². The first-order chi connectivity index (χ1) is 25.1. The third-order valence-corrected chi connectivity index (χ3v) is 11.0. The molecule has 2 unspecified atom stereocenters. The first kappa shape index (κ1) is 43.3. The van der Waals surface area contributed by atoms with Crippen molar-refractivity contribution in [2.75, 3.05) is 38.9 Å². The van der Waals surface area contributed by atoms with Crippen LogP contribution in [0.4, 0.5) is 22.7 Å². The molecule has 2 aromatic rings. The number of benzene rings is 2. The Balaban J connectivity index is 0.000000731. The summed E-state index contributed by atoms with van der Waals surface area (Å²) in [6.45, 7) is 17.2. The van der Waals surface area contributed by atoms with Crippen molar-refractivity contribution in [1.82, 2.24) is 9.73 Å². The summed E-state index contributed by atoms with van der Waals surface area (Å²) in [7, 11) is 1.69. The van der Waals surface area contributed by atoms with Gasteiger partial charge < -0.3 is 18.7 Å². The van der Waals surface area contributed by atoms with E-state index in [-0.39, 0.29) is 48.0 Å². The number of amides is 2. The molecule has 2 aliphatic rings. The Hall–Kier alpha value is -4.06. The number of azo groups is 1. The number of carbonyl (C=O) groups excluding carboxylic acids is 2. The van der Waals surface area contributed by atoms with Gasteiger partial charge in [-0.1, -0.05) is 6.92 Å². The molecule has 0 spiro atoms. The van der Waals surface area contributed by atoms with Crippen LogP contribution in [0.2, 0.25) is 0 Å². The van der Waals surface area contributed by atoms with E-state index in [0.29, 0.717) is 42.7 Å². The second-order valence-electron chi connectivity index (χ2n) is 14.0. The zero-order valence-corrected chi connectivity index (χ0v) is 33.3. The van der Waals surface area contributed by atoms with Gasteiger partial charge in [0.15, 0.2) is 0 Å². The molecule has 2 aromatic carbocycles. The molecule has 15 nitrogen and oxygen atoms in total. The summed E-state index contributed by atoms with van der Waals surface area (Å²) in [5, 5.41) is 29.5. The summed E-state index contributed by atoms with van der Waals surface area (Å²) in [6.07, 6.45) is 3.71. The van der Waals surface area contributed by atoms with Crippen LogP contribution >= 0.6 is 8.53 Å². The molecule has 2 amide bonds. The summed E-state index contributed by atoms with van der Waals surface area (Å²) in [5.41, 5.74) is 3.42. The Kier molecular flexibility index (Phi) is 16.7. The SMILES string of the molecule is CON1C(=O)CCC1=O.COc1cc2c(cc1N=Nc1ccc([N+](=O)[O-])cc1)C(C)CC(C)(C)N2CCCCOP(OCCC#N)N(C(C)C)C(C)C. The van der Waals surface area contributed by atoms with Crippen molar-refractivity contribution in [1.29, 1.82) is 5.26 Å². The lowest BCUT2D eigenvalue weighted by Crippen LogP contribution is -2.48. The molecule has 0 aromatic heterocycles. The van der Waals surface area contributed by atoms with E-state index in [1.807, 2.05) is 0 Å². The van der Waals surface area contributed by atoms with Crippen LogP contribution in [0.25, 0.3) is 0 Å². The van der Waals surface area contributed by atoms with Crippen molar-refractivity contribution in [3.63, 3.8) is 0 Å². The van der Waals surface area contributed by atoms with Gasteiger partial charge in [-0.05, 0) is 90.5 Å². The number of nitrogens with zero attached hydrogens (tertiary/aromatic N) is 7. The van der Waals surface area contributed by atoms with E-state index >= 15 is 0 Å². The quantitative estimate of drug-likeness (QED) is 0.0377. The van der Waals surface area contributed by atoms with Crippen LogP contribution < -0.4 is 9.64 Å². The molecule has 0 radical (unpaired) electrons. The fourth-order valence-corrected chi connectivity index (χ4v) is 8.13. The first-order valence-electron chi connectivity index (χ1n) is 17.9. The fourth-order valence-electron chi connectivity index (χ4n) is 6.50. The fraction of sp³-hybridized carbons (Fsp3) is 0.595. The number of non-ortho nitro benzene ring substituents is 1. The summed E-state index contributed by atoms with van der Waals surface area (Å²) in [4.78, 5) is 38.6. The van der Waals surface area contributed by atoms with Crippen LogP contribution in [0.5, 0.6) is 5.75 Å². The maximum Gasteiger partial charge on any atom is 0.269 e. The third-order valence-electron chi connectivity index (χ3n) is 8.85. The first-order valence-corrected chi connectivity index (χ1v) is 19.0. The van der Waals surface area contributed by atoms with E-state index in [2.05, 4.69) is 91.3 Å².